The molecule has 0 radical (unpaired) electrons. The smallest absolute Gasteiger partial charge is 0.237 e. The number of nitrogens with two attached hydrogens (primary N) is 1. The van der Waals surface area contributed by atoms with Crippen LogP contribution >= 0.6 is 11.8 Å². The van der Waals surface area contributed by atoms with Crippen molar-refractivity contribution in [1.82, 2.24) is 14.8 Å². The predicted molar refractivity (Wildman–Crippen MR) is 105 cm³/mol. The highest BCUT2D eigenvalue weighted by Crippen LogP contribution is 2.24. The Morgan fingerprint density at radius 1 is 1.18 bits per heavy atom. The minimum absolute atomic E-state index is 0.0151. The van der Waals surface area contributed by atoms with E-state index in [1.165, 1.54) is 18.2 Å². The Hall–Kier alpha value is -3.20. The predicted octanol–water partition coefficient (Wildman–Crippen LogP) is 2.61. The van der Waals surface area contributed by atoms with Crippen LogP contribution in [-0.4, -0.2) is 32.3 Å². The summed E-state index contributed by atoms with van der Waals surface area (Å²) in [6.45, 7) is 1.84. The van der Waals surface area contributed by atoms with E-state index in [9.17, 15) is 14.0 Å². The normalized spacial score (nSPS) is 10.6. The Bertz CT molecular complexity index is 1020. The van der Waals surface area contributed by atoms with Gasteiger partial charge in [-0.3, -0.25) is 14.2 Å². The molecule has 9 heteroatoms. The number of aryl methyl sites for hydroxylation is 1. The first-order chi connectivity index (χ1) is 13.4. The summed E-state index contributed by atoms with van der Waals surface area (Å²) in [7, 11) is 0. The van der Waals surface area contributed by atoms with E-state index in [0.717, 1.165) is 22.9 Å². The Balaban J connectivity index is 1.76. The van der Waals surface area contributed by atoms with Crippen molar-refractivity contribution < 1.29 is 14.0 Å². The van der Waals surface area contributed by atoms with Crippen LogP contribution in [0.4, 0.5) is 10.1 Å². The van der Waals surface area contributed by atoms with Crippen LogP contribution in [0, 0.1) is 12.7 Å². The molecule has 1 heterocycles. The van der Waals surface area contributed by atoms with Gasteiger partial charge in [0.2, 0.25) is 11.8 Å². The van der Waals surface area contributed by atoms with Crippen molar-refractivity contribution >= 4 is 29.3 Å². The first-order valence-electron chi connectivity index (χ1n) is 8.39. The molecule has 2 amide bonds. The molecule has 0 spiro atoms. The molecule has 0 fully saturated rings. The number of hydrogen-bond donors (Lipinski definition) is 2. The standard InChI is InChI=1S/C19H18FN5O2S/c1-12-4-2-5-13(8-12)18-23-24-19(25(18)10-16(21)26)28-11-17(27)22-15-7-3-6-14(20)9-15/h2-9H,10-11H2,1H3,(H2,21,26)(H,22,27). The minimum atomic E-state index is -0.542. The quantitative estimate of drug-likeness (QED) is 0.595. The number of carbonyl (C=O) groups excluding carboxylic acids is 2. The van der Waals surface area contributed by atoms with E-state index in [2.05, 4.69) is 15.5 Å². The maximum Gasteiger partial charge on any atom is 0.237 e. The number of aromatic nitrogens is 3. The van der Waals surface area contributed by atoms with E-state index in [0.29, 0.717) is 16.7 Å². The molecule has 0 saturated carbocycles. The highest BCUT2D eigenvalue weighted by Gasteiger charge is 2.17. The maximum atomic E-state index is 13.2. The highest BCUT2D eigenvalue weighted by molar-refractivity contribution is 7.99. The molecule has 0 bridgehead atoms. The molecule has 28 heavy (non-hydrogen) atoms. The van der Waals surface area contributed by atoms with Gasteiger partial charge in [-0.2, -0.15) is 0 Å². The summed E-state index contributed by atoms with van der Waals surface area (Å²) in [5.74, 6) is -0.799. The summed E-state index contributed by atoms with van der Waals surface area (Å²) >= 11 is 1.12. The van der Waals surface area contributed by atoms with Crippen LogP contribution in [-0.2, 0) is 16.1 Å². The fourth-order valence-electron chi connectivity index (χ4n) is 2.58. The fraction of sp³-hybridized carbons (Fsp3) is 0.158. The first-order valence-corrected chi connectivity index (χ1v) is 9.37. The number of halogens is 1. The third-order valence-electron chi connectivity index (χ3n) is 3.75. The van der Waals surface area contributed by atoms with Gasteiger partial charge in [-0.25, -0.2) is 4.39 Å². The van der Waals surface area contributed by atoms with Gasteiger partial charge in [-0.15, -0.1) is 10.2 Å². The van der Waals surface area contributed by atoms with Crippen molar-refractivity contribution in [3.63, 3.8) is 0 Å². The van der Waals surface area contributed by atoms with Crippen LogP contribution < -0.4 is 11.1 Å². The maximum absolute atomic E-state index is 13.2. The molecule has 1 aromatic heterocycles. The molecule has 0 aliphatic rings. The third kappa shape index (κ3) is 4.95. The first kappa shape index (κ1) is 19.6. The number of hydrogen-bond acceptors (Lipinski definition) is 5. The number of thioether (sulfide) groups is 1. The van der Waals surface area contributed by atoms with Crippen LogP contribution in [0.5, 0.6) is 0 Å². The molecule has 3 aromatic rings. The van der Waals surface area contributed by atoms with Crippen LogP contribution in [0.1, 0.15) is 5.56 Å². The van der Waals surface area contributed by atoms with Gasteiger partial charge in [0.05, 0.1) is 5.75 Å². The van der Waals surface area contributed by atoms with Crippen LogP contribution in [0.2, 0.25) is 0 Å². The second kappa shape index (κ2) is 8.66. The molecule has 0 aliphatic heterocycles. The molecule has 7 nitrogen and oxygen atoms in total. The van der Waals surface area contributed by atoms with E-state index in [1.807, 2.05) is 31.2 Å². The number of nitrogens with one attached hydrogen (secondary N) is 1. The number of primary amides is 1. The van der Waals surface area contributed by atoms with E-state index < -0.39 is 11.7 Å². The molecular formula is C19H18FN5O2S. The highest BCUT2D eigenvalue weighted by atomic mass is 32.2. The summed E-state index contributed by atoms with van der Waals surface area (Å²) in [4.78, 5) is 23.7. The monoisotopic (exact) mass is 399 g/mol. The zero-order valence-electron chi connectivity index (χ0n) is 15.1. The molecule has 3 rings (SSSR count). The van der Waals surface area contributed by atoms with Crippen molar-refractivity contribution in [3.8, 4) is 11.4 Å². The van der Waals surface area contributed by atoms with E-state index >= 15 is 0 Å². The lowest BCUT2D eigenvalue weighted by Crippen LogP contribution is -2.20. The molecule has 0 unspecified atom stereocenters. The summed E-state index contributed by atoms with van der Waals surface area (Å²) in [6, 6.07) is 13.2. The van der Waals surface area contributed by atoms with Crippen molar-refractivity contribution in [2.75, 3.05) is 11.1 Å². The summed E-state index contributed by atoms with van der Waals surface area (Å²) in [5, 5.41) is 11.3. The Morgan fingerprint density at radius 2 is 1.96 bits per heavy atom. The largest absolute Gasteiger partial charge is 0.368 e. The van der Waals surface area contributed by atoms with Crippen molar-refractivity contribution in [2.24, 2.45) is 5.73 Å². The number of benzene rings is 2. The number of rotatable bonds is 7. The second-order valence-electron chi connectivity index (χ2n) is 6.08. The number of carbonyl (C=O) groups is 2. The summed E-state index contributed by atoms with van der Waals surface area (Å²) < 4.78 is 14.8. The van der Waals surface area contributed by atoms with Crippen molar-refractivity contribution in [2.45, 2.75) is 18.6 Å². The van der Waals surface area contributed by atoms with Gasteiger partial charge in [0, 0.05) is 11.3 Å². The SMILES string of the molecule is Cc1cccc(-c2nnc(SCC(=O)Nc3cccc(F)c3)n2CC(N)=O)c1. The van der Waals surface area contributed by atoms with Gasteiger partial charge in [0.25, 0.3) is 0 Å². The zero-order valence-corrected chi connectivity index (χ0v) is 15.9. The van der Waals surface area contributed by atoms with Gasteiger partial charge in [-0.1, -0.05) is 41.6 Å². The lowest BCUT2D eigenvalue weighted by Gasteiger charge is -2.09. The minimum Gasteiger partial charge on any atom is -0.368 e. The van der Waals surface area contributed by atoms with E-state index in [4.69, 9.17) is 5.73 Å². The fourth-order valence-corrected chi connectivity index (χ4v) is 3.32. The van der Waals surface area contributed by atoms with Crippen LogP contribution in [0.25, 0.3) is 11.4 Å². The summed E-state index contributed by atoms with van der Waals surface area (Å²) in [6.07, 6.45) is 0. The van der Waals surface area contributed by atoms with Gasteiger partial charge in [0.15, 0.2) is 11.0 Å². The molecule has 0 atom stereocenters. The lowest BCUT2D eigenvalue weighted by atomic mass is 10.1. The average molecular weight is 399 g/mol. The second-order valence-corrected chi connectivity index (χ2v) is 7.02. The zero-order chi connectivity index (χ0) is 20.1. The topological polar surface area (TPSA) is 103 Å². The number of amides is 2. The van der Waals surface area contributed by atoms with Crippen LogP contribution in [0.3, 0.4) is 0 Å². The molecule has 0 saturated heterocycles. The Morgan fingerprint density at radius 3 is 2.68 bits per heavy atom. The van der Waals surface area contributed by atoms with Crippen LogP contribution in [0.15, 0.2) is 53.7 Å². The average Bonchev–Trinajstić information content (AvgIpc) is 3.02. The summed E-state index contributed by atoms with van der Waals surface area (Å²) in [5.41, 5.74) is 7.56. The Kier molecular flexibility index (Phi) is 6.05. The molecule has 0 aliphatic carbocycles. The van der Waals surface area contributed by atoms with Gasteiger partial charge in [0.1, 0.15) is 12.4 Å². The van der Waals surface area contributed by atoms with Gasteiger partial charge < -0.3 is 11.1 Å². The van der Waals surface area contributed by atoms with E-state index in [-0.39, 0.29) is 18.2 Å². The molecule has 144 valence electrons. The lowest BCUT2D eigenvalue weighted by molar-refractivity contribution is -0.118. The van der Waals surface area contributed by atoms with Crippen molar-refractivity contribution in [1.29, 1.82) is 0 Å². The number of nitrogens with zero attached hydrogens (tertiary/aromatic N) is 3. The van der Waals surface area contributed by atoms with Gasteiger partial charge in [-0.05, 0) is 31.2 Å². The van der Waals surface area contributed by atoms with E-state index in [1.54, 1.807) is 10.6 Å². The number of anilines is 1. The van der Waals surface area contributed by atoms with Gasteiger partial charge >= 0.3 is 0 Å². The Labute approximate surface area is 165 Å². The molecule has 3 N–H and O–H groups in total. The molecular weight excluding hydrogens is 381 g/mol. The third-order valence-corrected chi connectivity index (χ3v) is 4.71. The molecule has 2 aromatic carbocycles. The van der Waals surface area contributed by atoms with Crippen molar-refractivity contribution in [3.05, 3.63) is 59.9 Å².